The molecule has 1 rings (SSSR count). The number of nitrogens with two attached hydrogens (primary N) is 1. The van der Waals surface area contributed by atoms with Crippen LogP contribution in [0.5, 0.6) is 0 Å². The van der Waals surface area contributed by atoms with Crippen molar-refractivity contribution in [2.45, 2.75) is 25.6 Å². The average Bonchev–Trinajstić information content (AvgIpc) is 2.55. The SMILES string of the molecule is COC(=O)c1nc(C)n(CC(C)S(C)=O)c1N. The maximum atomic E-state index is 11.4. The molecule has 6 nitrogen and oxygen atoms in total. The molecule has 2 unspecified atom stereocenters. The summed E-state index contributed by atoms with van der Waals surface area (Å²) in [4.78, 5) is 15.4. The average molecular weight is 259 g/mol. The first kappa shape index (κ1) is 13.7. The van der Waals surface area contributed by atoms with Crippen molar-refractivity contribution in [3.05, 3.63) is 11.5 Å². The van der Waals surface area contributed by atoms with Crippen molar-refractivity contribution in [2.24, 2.45) is 0 Å². The highest BCUT2D eigenvalue weighted by Gasteiger charge is 2.20. The third-order valence-electron chi connectivity index (χ3n) is 2.58. The lowest BCUT2D eigenvalue weighted by molar-refractivity contribution is 0.0595. The van der Waals surface area contributed by atoms with E-state index in [1.807, 2.05) is 6.92 Å². The summed E-state index contributed by atoms with van der Waals surface area (Å²) < 4.78 is 17.6. The molecule has 1 aromatic heterocycles. The quantitative estimate of drug-likeness (QED) is 0.787. The van der Waals surface area contributed by atoms with Crippen LogP contribution in [0.4, 0.5) is 5.82 Å². The summed E-state index contributed by atoms with van der Waals surface area (Å²) in [5.41, 5.74) is 5.94. The van der Waals surface area contributed by atoms with Crippen molar-refractivity contribution in [2.75, 3.05) is 19.1 Å². The predicted octanol–water partition coefficient (Wildman–Crippen LogP) is 0.327. The van der Waals surface area contributed by atoms with Gasteiger partial charge in [0.25, 0.3) is 0 Å². The van der Waals surface area contributed by atoms with Crippen molar-refractivity contribution >= 4 is 22.6 Å². The molecule has 1 heterocycles. The number of carbonyl (C=O) groups excluding carboxylic acids is 1. The summed E-state index contributed by atoms with van der Waals surface area (Å²) in [7, 11) is 0.327. The van der Waals surface area contributed by atoms with E-state index in [1.165, 1.54) is 7.11 Å². The summed E-state index contributed by atoms with van der Waals surface area (Å²) in [5, 5.41) is -0.0595. The molecule has 0 saturated carbocycles. The molecule has 0 aliphatic rings. The Hall–Kier alpha value is -1.37. The Morgan fingerprint density at radius 3 is 2.71 bits per heavy atom. The van der Waals surface area contributed by atoms with Crippen LogP contribution in [0.25, 0.3) is 0 Å². The van der Waals surface area contributed by atoms with Crippen molar-refractivity contribution in [1.29, 1.82) is 0 Å². The van der Waals surface area contributed by atoms with Crippen molar-refractivity contribution < 1.29 is 13.7 Å². The molecule has 0 amide bonds. The van der Waals surface area contributed by atoms with Crippen LogP contribution in [0.15, 0.2) is 0 Å². The minimum atomic E-state index is -0.951. The molecule has 0 aromatic carbocycles. The van der Waals surface area contributed by atoms with Gasteiger partial charge in [-0.2, -0.15) is 0 Å². The zero-order valence-electron chi connectivity index (χ0n) is 10.4. The Bertz CT molecular complexity index is 456. The van der Waals surface area contributed by atoms with Gasteiger partial charge in [0, 0.05) is 28.9 Å². The van der Waals surface area contributed by atoms with Crippen LogP contribution >= 0.6 is 0 Å². The number of ether oxygens (including phenoxy) is 1. The van der Waals surface area contributed by atoms with E-state index in [2.05, 4.69) is 9.72 Å². The number of aryl methyl sites for hydroxylation is 1. The first-order chi connectivity index (χ1) is 7.88. The summed E-state index contributed by atoms with van der Waals surface area (Å²) in [6.45, 7) is 4.06. The van der Waals surface area contributed by atoms with E-state index in [-0.39, 0.29) is 16.8 Å². The van der Waals surface area contributed by atoms with Crippen LogP contribution in [0.2, 0.25) is 0 Å². The van der Waals surface area contributed by atoms with Gasteiger partial charge in [-0.25, -0.2) is 9.78 Å². The molecule has 0 aliphatic carbocycles. The van der Waals surface area contributed by atoms with Crippen LogP contribution in [0.1, 0.15) is 23.2 Å². The fourth-order valence-electron chi connectivity index (χ4n) is 1.42. The van der Waals surface area contributed by atoms with E-state index in [9.17, 15) is 9.00 Å². The van der Waals surface area contributed by atoms with Gasteiger partial charge in [0.2, 0.25) is 0 Å². The summed E-state index contributed by atoms with van der Waals surface area (Å²) in [6, 6.07) is 0. The summed E-state index contributed by atoms with van der Waals surface area (Å²) in [6.07, 6.45) is 1.63. The molecule has 0 aliphatic heterocycles. The van der Waals surface area contributed by atoms with E-state index in [0.717, 1.165) is 0 Å². The zero-order valence-corrected chi connectivity index (χ0v) is 11.2. The number of nitrogen functional groups attached to an aromatic ring is 1. The molecular weight excluding hydrogens is 242 g/mol. The van der Waals surface area contributed by atoms with Gasteiger partial charge in [-0.3, -0.25) is 4.21 Å². The second-order valence-corrected chi connectivity index (χ2v) is 5.61. The summed E-state index contributed by atoms with van der Waals surface area (Å²) >= 11 is 0. The van der Waals surface area contributed by atoms with Crippen LogP contribution in [0, 0.1) is 6.92 Å². The molecule has 2 N–H and O–H groups in total. The number of nitrogens with zero attached hydrogens (tertiary/aromatic N) is 2. The van der Waals surface area contributed by atoms with Gasteiger partial charge in [-0.05, 0) is 13.8 Å². The van der Waals surface area contributed by atoms with E-state index in [0.29, 0.717) is 12.4 Å². The number of hydrogen-bond acceptors (Lipinski definition) is 5. The number of esters is 1. The summed E-state index contributed by atoms with van der Waals surface area (Å²) in [5.74, 6) is 0.307. The number of carbonyl (C=O) groups is 1. The topological polar surface area (TPSA) is 87.2 Å². The Kier molecular flexibility index (Phi) is 4.28. The first-order valence-corrected chi connectivity index (χ1v) is 6.73. The van der Waals surface area contributed by atoms with Gasteiger partial charge in [0.05, 0.1) is 7.11 Å². The molecule has 96 valence electrons. The Morgan fingerprint density at radius 2 is 2.24 bits per heavy atom. The van der Waals surface area contributed by atoms with Crippen molar-refractivity contribution in [3.63, 3.8) is 0 Å². The van der Waals surface area contributed by atoms with Crippen LogP contribution in [-0.2, 0) is 22.1 Å². The molecule has 17 heavy (non-hydrogen) atoms. The molecule has 0 radical (unpaired) electrons. The van der Waals surface area contributed by atoms with Crippen molar-refractivity contribution in [1.82, 2.24) is 9.55 Å². The monoisotopic (exact) mass is 259 g/mol. The fraction of sp³-hybridized carbons (Fsp3) is 0.600. The van der Waals surface area contributed by atoms with Gasteiger partial charge in [0.1, 0.15) is 11.6 Å². The maximum Gasteiger partial charge on any atom is 0.360 e. The molecule has 0 bridgehead atoms. The highest BCUT2D eigenvalue weighted by Crippen LogP contribution is 2.16. The number of aromatic nitrogens is 2. The molecule has 0 fully saturated rings. The second kappa shape index (κ2) is 5.31. The molecule has 1 aromatic rings. The van der Waals surface area contributed by atoms with Crippen LogP contribution in [-0.4, -0.2) is 38.3 Å². The van der Waals surface area contributed by atoms with Gasteiger partial charge >= 0.3 is 5.97 Å². The smallest absolute Gasteiger partial charge is 0.360 e. The lowest BCUT2D eigenvalue weighted by Crippen LogP contribution is -2.20. The first-order valence-electron chi connectivity index (χ1n) is 5.11. The van der Waals surface area contributed by atoms with Gasteiger partial charge in [-0.1, -0.05) is 0 Å². The van der Waals surface area contributed by atoms with Gasteiger partial charge < -0.3 is 15.0 Å². The largest absolute Gasteiger partial charge is 0.464 e. The Morgan fingerprint density at radius 1 is 1.65 bits per heavy atom. The fourth-order valence-corrected chi connectivity index (χ4v) is 1.78. The minimum absolute atomic E-state index is 0.0595. The Balaban J connectivity index is 3.05. The van der Waals surface area contributed by atoms with E-state index < -0.39 is 16.8 Å². The molecule has 0 spiro atoms. The van der Waals surface area contributed by atoms with Crippen molar-refractivity contribution in [3.8, 4) is 0 Å². The lowest BCUT2D eigenvalue weighted by Gasteiger charge is -2.12. The Labute approximate surface area is 103 Å². The predicted molar refractivity (Wildman–Crippen MR) is 66.2 cm³/mol. The standard InChI is InChI=1S/C10H17N3O3S/c1-6(17(4)15)5-13-7(2)12-8(9(13)11)10(14)16-3/h6H,5,11H2,1-4H3. The van der Waals surface area contributed by atoms with E-state index in [4.69, 9.17) is 5.73 Å². The lowest BCUT2D eigenvalue weighted by atomic mass is 10.4. The molecule has 7 heteroatoms. The third-order valence-corrected chi connectivity index (χ3v) is 3.87. The number of rotatable bonds is 4. The minimum Gasteiger partial charge on any atom is -0.464 e. The highest BCUT2D eigenvalue weighted by atomic mass is 32.2. The zero-order chi connectivity index (χ0) is 13.2. The molecular formula is C10H17N3O3S. The second-order valence-electron chi connectivity index (χ2n) is 3.80. The number of anilines is 1. The third kappa shape index (κ3) is 2.85. The van der Waals surface area contributed by atoms with Gasteiger partial charge in [0.15, 0.2) is 5.69 Å². The number of methoxy groups -OCH3 is 1. The van der Waals surface area contributed by atoms with E-state index in [1.54, 1.807) is 17.7 Å². The highest BCUT2D eigenvalue weighted by molar-refractivity contribution is 7.84. The number of imidazole rings is 1. The normalized spacial score (nSPS) is 14.4. The maximum absolute atomic E-state index is 11.4. The van der Waals surface area contributed by atoms with E-state index >= 15 is 0 Å². The molecule has 0 saturated heterocycles. The van der Waals surface area contributed by atoms with Gasteiger partial charge in [-0.15, -0.1) is 0 Å². The van der Waals surface area contributed by atoms with Crippen LogP contribution < -0.4 is 5.73 Å². The number of hydrogen-bond donors (Lipinski definition) is 1. The molecule has 2 atom stereocenters. The van der Waals surface area contributed by atoms with Crippen LogP contribution in [0.3, 0.4) is 0 Å².